The van der Waals surface area contributed by atoms with Crippen LogP contribution in [0.25, 0.3) is 11.1 Å². The zero-order chi connectivity index (χ0) is 13.0. The Labute approximate surface area is 107 Å². The first-order valence-corrected chi connectivity index (χ1v) is 5.82. The van der Waals surface area contributed by atoms with Gasteiger partial charge >= 0.3 is 0 Å². The normalized spacial score (nSPS) is 11.3. The molecule has 0 aliphatic carbocycles. The molecule has 2 N–H and O–H groups in total. The van der Waals surface area contributed by atoms with E-state index in [4.69, 9.17) is 5.73 Å². The van der Waals surface area contributed by atoms with E-state index in [9.17, 15) is 0 Å². The summed E-state index contributed by atoms with van der Waals surface area (Å²) < 4.78 is 0. The maximum Gasteiger partial charge on any atom is 0.130 e. The zero-order valence-electron chi connectivity index (χ0n) is 10.4. The summed E-state index contributed by atoms with van der Waals surface area (Å²) >= 11 is 0. The van der Waals surface area contributed by atoms with Crippen LogP contribution in [0.2, 0.25) is 0 Å². The SMILES string of the molecule is C=C(C)N=C(N)c1cccc(-c2ccccc2)c1. The van der Waals surface area contributed by atoms with E-state index in [0.717, 1.165) is 11.1 Å². The van der Waals surface area contributed by atoms with E-state index in [-0.39, 0.29) is 0 Å². The third-order valence-electron chi connectivity index (χ3n) is 2.58. The molecule has 0 unspecified atom stereocenters. The second-order valence-electron chi connectivity index (χ2n) is 4.18. The minimum absolute atomic E-state index is 0.500. The van der Waals surface area contributed by atoms with Gasteiger partial charge in [0.05, 0.1) is 0 Å². The molecule has 0 heterocycles. The minimum Gasteiger partial charge on any atom is -0.383 e. The van der Waals surface area contributed by atoms with Gasteiger partial charge in [0.25, 0.3) is 0 Å². The number of hydrogen-bond donors (Lipinski definition) is 1. The van der Waals surface area contributed by atoms with Crippen LogP contribution in [0.15, 0.2) is 71.9 Å². The molecule has 2 heteroatoms. The van der Waals surface area contributed by atoms with Gasteiger partial charge in [-0.1, -0.05) is 55.1 Å². The molecular formula is C16H16N2. The van der Waals surface area contributed by atoms with Crippen molar-refractivity contribution in [3.8, 4) is 11.1 Å². The number of nitrogens with zero attached hydrogens (tertiary/aromatic N) is 1. The molecule has 0 radical (unpaired) electrons. The number of benzene rings is 2. The Morgan fingerprint density at radius 1 is 1.00 bits per heavy atom. The van der Waals surface area contributed by atoms with Crippen molar-refractivity contribution in [3.63, 3.8) is 0 Å². The van der Waals surface area contributed by atoms with Gasteiger partial charge in [0.1, 0.15) is 5.84 Å². The lowest BCUT2D eigenvalue weighted by Crippen LogP contribution is -2.13. The topological polar surface area (TPSA) is 38.4 Å². The molecule has 18 heavy (non-hydrogen) atoms. The molecule has 0 saturated heterocycles. The monoisotopic (exact) mass is 236 g/mol. The van der Waals surface area contributed by atoms with Crippen molar-refractivity contribution in [2.24, 2.45) is 10.7 Å². The van der Waals surface area contributed by atoms with Crippen molar-refractivity contribution in [1.29, 1.82) is 0 Å². The van der Waals surface area contributed by atoms with Crippen LogP contribution in [0, 0.1) is 0 Å². The van der Waals surface area contributed by atoms with Gasteiger partial charge in [-0.15, -0.1) is 0 Å². The fourth-order valence-electron chi connectivity index (χ4n) is 1.76. The summed E-state index contributed by atoms with van der Waals surface area (Å²) in [7, 11) is 0. The van der Waals surface area contributed by atoms with Gasteiger partial charge in [0.2, 0.25) is 0 Å². The molecule has 0 aliphatic heterocycles. The van der Waals surface area contributed by atoms with E-state index >= 15 is 0 Å². The first-order valence-electron chi connectivity index (χ1n) is 5.82. The predicted molar refractivity (Wildman–Crippen MR) is 77.4 cm³/mol. The molecule has 0 amide bonds. The van der Waals surface area contributed by atoms with Gasteiger partial charge in [-0.2, -0.15) is 0 Å². The van der Waals surface area contributed by atoms with Gasteiger partial charge in [0.15, 0.2) is 0 Å². The number of rotatable bonds is 3. The summed E-state index contributed by atoms with van der Waals surface area (Å²) in [6.45, 7) is 5.56. The highest BCUT2D eigenvalue weighted by Gasteiger charge is 2.01. The van der Waals surface area contributed by atoms with Crippen LogP contribution in [0.5, 0.6) is 0 Å². The van der Waals surface area contributed by atoms with Crippen LogP contribution in [0.4, 0.5) is 0 Å². The molecule has 2 aromatic carbocycles. The molecule has 2 rings (SSSR count). The van der Waals surface area contributed by atoms with Crippen LogP contribution in [0.3, 0.4) is 0 Å². The molecule has 0 aliphatic rings. The van der Waals surface area contributed by atoms with E-state index in [1.165, 1.54) is 5.56 Å². The van der Waals surface area contributed by atoms with Crippen molar-refractivity contribution < 1.29 is 0 Å². The lowest BCUT2D eigenvalue weighted by Gasteiger charge is -2.05. The molecular weight excluding hydrogens is 220 g/mol. The highest BCUT2D eigenvalue weighted by Crippen LogP contribution is 2.19. The molecule has 2 nitrogen and oxygen atoms in total. The van der Waals surface area contributed by atoms with Gasteiger partial charge in [0, 0.05) is 11.3 Å². The molecule has 0 bridgehead atoms. The van der Waals surface area contributed by atoms with Crippen LogP contribution < -0.4 is 5.73 Å². The van der Waals surface area contributed by atoms with Crippen molar-refractivity contribution >= 4 is 5.84 Å². The van der Waals surface area contributed by atoms with Crippen molar-refractivity contribution in [1.82, 2.24) is 0 Å². The Balaban J connectivity index is 2.40. The van der Waals surface area contributed by atoms with Gasteiger partial charge in [-0.25, -0.2) is 4.99 Å². The maximum atomic E-state index is 5.93. The smallest absolute Gasteiger partial charge is 0.130 e. The highest BCUT2D eigenvalue weighted by atomic mass is 14.9. The minimum atomic E-state index is 0.500. The fourth-order valence-corrected chi connectivity index (χ4v) is 1.76. The fraction of sp³-hybridized carbons (Fsp3) is 0.0625. The number of allylic oxidation sites excluding steroid dienone is 1. The van der Waals surface area contributed by atoms with E-state index in [1.807, 2.05) is 43.3 Å². The summed E-state index contributed by atoms with van der Waals surface area (Å²) in [4.78, 5) is 4.18. The summed E-state index contributed by atoms with van der Waals surface area (Å²) in [6, 6.07) is 18.2. The van der Waals surface area contributed by atoms with E-state index in [2.05, 4.69) is 29.8 Å². The largest absolute Gasteiger partial charge is 0.383 e. The maximum absolute atomic E-state index is 5.93. The Morgan fingerprint density at radius 3 is 2.33 bits per heavy atom. The van der Waals surface area contributed by atoms with Crippen LogP contribution in [0.1, 0.15) is 12.5 Å². The van der Waals surface area contributed by atoms with Crippen LogP contribution in [-0.4, -0.2) is 5.84 Å². The van der Waals surface area contributed by atoms with Gasteiger partial charge in [-0.05, 0) is 24.1 Å². The van der Waals surface area contributed by atoms with E-state index < -0.39 is 0 Å². The second kappa shape index (κ2) is 5.32. The Kier molecular flexibility index (Phi) is 3.58. The van der Waals surface area contributed by atoms with E-state index in [1.54, 1.807) is 0 Å². The third kappa shape index (κ3) is 2.86. The Morgan fingerprint density at radius 2 is 1.67 bits per heavy atom. The molecule has 0 aromatic heterocycles. The quantitative estimate of drug-likeness (QED) is 0.642. The lowest BCUT2D eigenvalue weighted by atomic mass is 10.0. The summed E-state index contributed by atoms with van der Waals surface area (Å²) in [5.41, 5.74) is 9.86. The lowest BCUT2D eigenvalue weighted by molar-refractivity contribution is 1.30. The van der Waals surface area contributed by atoms with Gasteiger partial charge < -0.3 is 5.73 Å². The van der Waals surface area contributed by atoms with Crippen LogP contribution >= 0.6 is 0 Å². The average Bonchev–Trinajstić information content (AvgIpc) is 2.39. The van der Waals surface area contributed by atoms with Gasteiger partial charge in [-0.3, -0.25) is 0 Å². The number of amidine groups is 1. The summed E-state index contributed by atoms with van der Waals surface area (Å²) in [5, 5.41) is 0. The molecule has 90 valence electrons. The standard InChI is InChI=1S/C16H16N2/c1-12(2)18-16(17)15-10-6-9-14(11-15)13-7-4-3-5-8-13/h3-11H,1H2,2H3,(H2,17,18). The number of aliphatic imine (C=N–C) groups is 1. The predicted octanol–water partition coefficient (Wildman–Crippen LogP) is 3.59. The second-order valence-corrected chi connectivity index (χ2v) is 4.18. The highest BCUT2D eigenvalue weighted by molar-refractivity contribution is 5.99. The Hall–Kier alpha value is -2.35. The Bertz CT molecular complexity index is 583. The third-order valence-corrected chi connectivity index (χ3v) is 2.58. The van der Waals surface area contributed by atoms with Crippen molar-refractivity contribution in [2.45, 2.75) is 6.92 Å². The van der Waals surface area contributed by atoms with Crippen LogP contribution in [-0.2, 0) is 0 Å². The molecule has 0 atom stereocenters. The summed E-state index contributed by atoms with van der Waals surface area (Å²) in [5.74, 6) is 0.500. The molecule has 2 aromatic rings. The van der Waals surface area contributed by atoms with Crippen molar-refractivity contribution in [2.75, 3.05) is 0 Å². The number of nitrogens with two attached hydrogens (primary N) is 1. The van der Waals surface area contributed by atoms with E-state index in [0.29, 0.717) is 11.5 Å². The zero-order valence-corrected chi connectivity index (χ0v) is 10.4. The molecule has 0 fully saturated rings. The first kappa shape index (κ1) is 12.1. The average molecular weight is 236 g/mol. The summed E-state index contributed by atoms with van der Waals surface area (Å²) in [6.07, 6.45) is 0. The first-order chi connectivity index (χ1) is 8.66. The molecule has 0 saturated carbocycles. The number of hydrogen-bond acceptors (Lipinski definition) is 1. The van der Waals surface area contributed by atoms with Crippen molar-refractivity contribution in [3.05, 3.63) is 72.4 Å². The molecule has 0 spiro atoms.